The van der Waals surface area contributed by atoms with Gasteiger partial charge >= 0.3 is 0 Å². The van der Waals surface area contributed by atoms with E-state index in [1.165, 1.54) is 61.5 Å². The maximum atomic E-state index is 3.97. The minimum atomic E-state index is 0.149. The lowest BCUT2D eigenvalue weighted by atomic mass is 9.63. The number of nitrogens with zero attached hydrogens (tertiary/aromatic N) is 1. The highest BCUT2D eigenvalue weighted by Crippen LogP contribution is 2.50. The maximum Gasteiger partial charge on any atom is 0.0591 e. The highest BCUT2D eigenvalue weighted by Gasteiger charge is 2.49. The third-order valence-corrected chi connectivity index (χ3v) is 7.88. The Labute approximate surface area is 164 Å². The molecule has 0 saturated heterocycles. The summed E-state index contributed by atoms with van der Waals surface area (Å²) >= 11 is 0. The Kier molecular flexibility index (Phi) is 5.11. The van der Waals surface area contributed by atoms with Crippen LogP contribution in [0.15, 0.2) is 24.3 Å². The van der Waals surface area contributed by atoms with Crippen LogP contribution < -0.4 is 5.32 Å². The predicted molar refractivity (Wildman–Crippen MR) is 115 cm³/mol. The van der Waals surface area contributed by atoms with Crippen LogP contribution in [0.1, 0.15) is 70.1 Å². The van der Waals surface area contributed by atoms with Crippen molar-refractivity contribution in [3.8, 4) is 0 Å². The molecule has 1 aliphatic heterocycles. The van der Waals surface area contributed by atoms with Gasteiger partial charge in [0.25, 0.3) is 0 Å². The number of H-pyrrole nitrogens is 1. The van der Waals surface area contributed by atoms with Gasteiger partial charge in [-0.15, -0.1) is 0 Å². The fourth-order valence-electron chi connectivity index (χ4n) is 6.34. The lowest BCUT2D eigenvalue weighted by molar-refractivity contribution is -0.000866. The van der Waals surface area contributed by atoms with Gasteiger partial charge in [0.1, 0.15) is 0 Å². The first-order valence-corrected chi connectivity index (χ1v) is 11.1. The van der Waals surface area contributed by atoms with Crippen LogP contribution in [0.4, 0.5) is 0 Å². The lowest BCUT2D eigenvalue weighted by Gasteiger charge is -2.54. The van der Waals surface area contributed by atoms with E-state index < -0.39 is 0 Å². The molecule has 2 N–H and O–H groups in total. The van der Waals surface area contributed by atoms with Crippen molar-refractivity contribution in [2.45, 2.75) is 76.3 Å². The number of hydrogen-bond acceptors (Lipinski definition) is 2. The molecule has 4 rings (SSSR count). The second kappa shape index (κ2) is 7.25. The first-order chi connectivity index (χ1) is 13.1. The van der Waals surface area contributed by atoms with E-state index in [1.54, 1.807) is 5.56 Å². The monoisotopic (exact) mass is 367 g/mol. The van der Waals surface area contributed by atoms with Gasteiger partial charge < -0.3 is 15.2 Å². The quantitative estimate of drug-likeness (QED) is 0.760. The van der Waals surface area contributed by atoms with Gasteiger partial charge in [-0.05, 0) is 70.2 Å². The van der Waals surface area contributed by atoms with E-state index in [-0.39, 0.29) is 5.54 Å². The summed E-state index contributed by atoms with van der Waals surface area (Å²) in [6.07, 6.45) is 10.2. The third kappa shape index (κ3) is 2.94. The molecule has 1 saturated carbocycles. The summed E-state index contributed by atoms with van der Waals surface area (Å²) in [5.74, 6) is 0.806. The van der Waals surface area contributed by atoms with Crippen molar-refractivity contribution < 1.29 is 0 Å². The number of nitrogens with one attached hydrogen (secondary N) is 2. The number of para-hydroxylation sites is 1. The summed E-state index contributed by atoms with van der Waals surface area (Å²) in [5.41, 5.74) is 4.89. The summed E-state index contributed by atoms with van der Waals surface area (Å²) in [6.45, 7) is 5.84. The van der Waals surface area contributed by atoms with Crippen molar-refractivity contribution in [3.05, 3.63) is 35.5 Å². The van der Waals surface area contributed by atoms with E-state index in [2.05, 4.69) is 67.4 Å². The zero-order valence-corrected chi connectivity index (χ0v) is 17.7. The summed E-state index contributed by atoms with van der Waals surface area (Å²) in [6, 6.07) is 8.87. The molecule has 2 heterocycles. The summed E-state index contributed by atoms with van der Waals surface area (Å²) in [5, 5.41) is 5.41. The van der Waals surface area contributed by atoms with Crippen molar-refractivity contribution in [3.63, 3.8) is 0 Å². The smallest absolute Gasteiger partial charge is 0.0591 e. The molecule has 3 heteroatoms. The van der Waals surface area contributed by atoms with Gasteiger partial charge in [-0.2, -0.15) is 0 Å². The molecule has 2 aromatic rings. The van der Waals surface area contributed by atoms with Gasteiger partial charge in [0.2, 0.25) is 0 Å². The van der Waals surface area contributed by atoms with Gasteiger partial charge in [0.15, 0.2) is 0 Å². The van der Waals surface area contributed by atoms with Crippen molar-refractivity contribution in [2.24, 2.45) is 5.92 Å². The van der Waals surface area contributed by atoms with Gasteiger partial charge in [0, 0.05) is 28.7 Å². The Hall–Kier alpha value is -1.32. The fourth-order valence-corrected chi connectivity index (χ4v) is 6.34. The summed E-state index contributed by atoms with van der Waals surface area (Å²) in [4.78, 5) is 6.39. The summed E-state index contributed by atoms with van der Waals surface area (Å²) < 4.78 is 0. The van der Waals surface area contributed by atoms with E-state index >= 15 is 0 Å². The fraction of sp³-hybridized carbons (Fsp3) is 0.667. The molecule has 148 valence electrons. The molecule has 1 unspecified atom stereocenters. The SMILES string of the molecule is CCCC(CC)C1(N(C)C)CCC2(CC1)NCCc1c2[nH]c2ccccc12. The molecule has 1 aromatic carbocycles. The van der Waals surface area contributed by atoms with E-state index in [0.717, 1.165) is 18.9 Å². The molecule has 0 radical (unpaired) electrons. The second-order valence-corrected chi connectivity index (χ2v) is 9.17. The summed E-state index contributed by atoms with van der Waals surface area (Å²) in [7, 11) is 4.64. The molecule has 1 spiro atoms. The van der Waals surface area contributed by atoms with Gasteiger partial charge in [-0.3, -0.25) is 0 Å². The van der Waals surface area contributed by atoms with Crippen molar-refractivity contribution in [1.82, 2.24) is 15.2 Å². The third-order valence-electron chi connectivity index (χ3n) is 7.88. The zero-order chi connectivity index (χ0) is 19.1. The number of fused-ring (bicyclic) bond motifs is 4. The number of hydrogen-bond donors (Lipinski definition) is 2. The largest absolute Gasteiger partial charge is 0.357 e. The Morgan fingerprint density at radius 3 is 2.48 bits per heavy atom. The van der Waals surface area contributed by atoms with Crippen LogP contribution in [0.3, 0.4) is 0 Å². The Morgan fingerprint density at radius 2 is 1.81 bits per heavy atom. The molecule has 1 fully saturated rings. The molecule has 1 aromatic heterocycles. The van der Waals surface area contributed by atoms with E-state index in [9.17, 15) is 0 Å². The molecular weight excluding hydrogens is 330 g/mol. The van der Waals surface area contributed by atoms with Crippen LogP contribution >= 0.6 is 0 Å². The van der Waals surface area contributed by atoms with Crippen molar-refractivity contribution in [1.29, 1.82) is 0 Å². The highest BCUT2D eigenvalue weighted by atomic mass is 15.2. The average Bonchev–Trinajstić information content (AvgIpc) is 3.07. The number of aromatic amines is 1. The van der Waals surface area contributed by atoms with E-state index in [0.29, 0.717) is 5.54 Å². The molecule has 2 aliphatic rings. The molecule has 3 nitrogen and oxygen atoms in total. The lowest BCUT2D eigenvalue weighted by Crippen LogP contribution is -2.59. The van der Waals surface area contributed by atoms with Crippen LogP contribution in [-0.2, 0) is 12.0 Å². The van der Waals surface area contributed by atoms with Gasteiger partial charge in [-0.25, -0.2) is 0 Å². The number of rotatable bonds is 5. The second-order valence-electron chi connectivity index (χ2n) is 9.17. The maximum absolute atomic E-state index is 3.97. The van der Waals surface area contributed by atoms with Crippen molar-refractivity contribution in [2.75, 3.05) is 20.6 Å². The molecule has 0 amide bonds. The Balaban J connectivity index is 1.67. The van der Waals surface area contributed by atoms with E-state index in [1.807, 2.05) is 0 Å². The van der Waals surface area contributed by atoms with Crippen molar-refractivity contribution >= 4 is 10.9 Å². The van der Waals surface area contributed by atoms with Crippen LogP contribution in [0, 0.1) is 5.92 Å². The normalized spacial score (nSPS) is 29.4. The van der Waals surface area contributed by atoms with Gasteiger partial charge in [0.05, 0.1) is 5.54 Å². The van der Waals surface area contributed by atoms with Crippen LogP contribution in [0.25, 0.3) is 10.9 Å². The minimum Gasteiger partial charge on any atom is -0.357 e. The molecule has 1 aliphatic carbocycles. The van der Waals surface area contributed by atoms with Crippen LogP contribution in [-0.4, -0.2) is 36.1 Å². The Bertz CT molecular complexity index is 780. The predicted octanol–water partition coefficient (Wildman–Crippen LogP) is 5.21. The van der Waals surface area contributed by atoms with Crippen LogP contribution in [0.5, 0.6) is 0 Å². The van der Waals surface area contributed by atoms with Gasteiger partial charge in [-0.1, -0.05) is 44.9 Å². The topological polar surface area (TPSA) is 31.1 Å². The first-order valence-electron chi connectivity index (χ1n) is 11.1. The minimum absolute atomic E-state index is 0.149. The standard InChI is InChI=1S/C24H37N3/c1-5-9-18(6-2)24(27(3)4)15-13-23(14-16-24)22-20(12-17-25-23)19-10-7-8-11-21(19)26-22/h7-8,10-11,18,25-26H,5-6,9,12-17H2,1-4H3. The van der Waals surface area contributed by atoms with Crippen LogP contribution in [0.2, 0.25) is 0 Å². The molecule has 27 heavy (non-hydrogen) atoms. The average molecular weight is 368 g/mol. The molecule has 1 atom stereocenters. The highest BCUT2D eigenvalue weighted by molar-refractivity contribution is 5.85. The molecule has 0 bridgehead atoms. The number of aromatic nitrogens is 1. The first kappa shape index (κ1) is 19.0. The molecular formula is C24H37N3. The Morgan fingerprint density at radius 1 is 1.07 bits per heavy atom. The van der Waals surface area contributed by atoms with E-state index in [4.69, 9.17) is 0 Å². The number of benzene rings is 1. The zero-order valence-electron chi connectivity index (χ0n) is 17.7.